The van der Waals surface area contributed by atoms with Gasteiger partial charge >= 0.3 is 11.9 Å². The number of benzene rings is 1. The fourth-order valence-electron chi connectivity index (χ4n) is 12.2. The molecular weight excluding hydrogens is 677 g/mol. The van der Waals surface area contributed by atoms with Crippen molar-refractivity contribution in [1.82, 2.24) is 0 Å². The van der Waals surface area contributed by atoms with E-state index in [2.05, 4.69) is 56.9 Å². The van der Waals surface area contributed by atoms with E-state index < -0.39 is 46.1 Å². The first-order chi connectivity index (χ1) is 25.9. The Bertz CT molecular complexity index is 1540. The summed E-state index contributed by atoms with van der Waals surface area (Å²) in [7, 11) is 0. The SMILES string of the molecule is CCCCC[C@@H]1CC[C@@H]([C@@]2(C)CC[C@@H](O)[C@]3([C@H](O)CC[C@H](C)CCCc4ccccc4)C2[C@@H]2C[C@](C)(C#CCCC(=O)O2)[C@]3(O)CCC2=CC(=O)OC2)C1. The van der Waals surface area contributed by atoms with E-state index in [1.807, 2.05) is 13.0 Å². The zero-order valence-electron chi connectivity index (χ0n) is 33.6. The summed E-state index contributed by atoms with van der Waals surface area (Å²) >= 11 is 0. The number of rotatable bonds is 16. The molecule has 7 nitrogen and oxygen atoms in total. The van der Waals surface area contributed by atoms with Crippen LogP contribution in [-0.4, -0.2) is 57.8 Å². The van der Waals surface area contributed by atoms with Gasteiger partial charge in [0, 0.05) is 24.8 Å². The Labute approximate surface area is 325 Å². The minimum Gasteiger partial charge on any atom is -0.462 e. The molecule has 7 heteroatoms. The van der Waals surface area contributed by atoms with Crippen LogP contribution in [0.2, 0.25) is 0 Å². The van der Waals surface area contributed by atoms with Gasteiger partial charge in [0.25, 0.3) is 0 Å². The monoisotopic (exact) mass is 744 g/mol. The highest BCUT2D eigenvalue weighted by Crippen LogP contribution is 2.72. The molecule has 11 atom stereocenters. The quantitative estimate of drug-likeness (QED) is 0.0883. The zero-order valence-corrected chi connectivity index (χ0v) is 33.6. The van der Waals surface area contributed by atoms with Crippen LogP contribution in [0.25, 0.3) is 0 Å². The highest BCUT2D eigenvalue weighted by Gasteiger charge is 2.77. The van der Waals surface area contributed by atoms with Crippen LogP contribution >= 0.6 is 0 Å². The number of hydrogen-bond acceptors (Lipinski definition) is 7. The Morgan fingerprint density at radius 2 is 1.80 bits per heavy atom. The number of aryl methyl sites for hydroxylation is 1. The first kappa shape index (κ1) is 41.0. The van der Waals surface area contributed by atoms with Crippen LogP contribution in [0.4, 0.5) is 0 Å². The summed E-state index contributed by atoms with van der Waals surface area (Å²) in [5, 5.41) is 39.8. The predicted octanol–water partition coefficient (Wildman–Crippen LogP) is 8.66. The standard InChI is InChI=1S/C47H68O7/c1-5-6-8-17-35-21-22-37(29-35)45(4)27-25-40(49)47(39(48)23-20-33(2)14-13-18-34-15-9-7-10-16-34)43(45)38-31-44(3,26-12-11-19-41(50)54-38)46(47,52)28-24-36-30-42(51)53-32-36/h7,9-10,15-16,30,33,35,37-40,43,48-49,52H,5-6,8,11,13-14,17-25,27-29,31-32H2,1-4H3/t33-,35-,37-,38+,39-,40-,43?,44+,45-,46-,47-/m1/s1. The van der Waals surface area contributed by atoms with Gasteiger partial charge in [0.1, 0.15) is 12.7 Å². The molecule has 54 heavy (non-hydrogen) atoms. The lowest BCUT2D eigenvalue weighted by Crippen LogP contribution is -2.79. The van der Waals surface area contributed by atoms with Gasteiger partial charge in [0.05, 0.1) is 35.1 Å². The van der Waals surface area contributed by atoms with Crippen LogP contribution in [0.5, 0.6) is 0 Å². The van der Waals surface area contributed by atoms with E-state index in [0.29, 0.717) is 49.9 Å². The van der Waals surface area contributed by atoms with E-state index in [-0.39, 0.29) is 31.4 Å². The molecule has 0 aromatic heterocycles. The molecule has 3 saturated carbocycles. The molecule has 2 aliphatic heterocycles. The van der Waals surface area contributed by atoms with Crippen LogP contribution in [-0.2, 0) is 25.5 Å². The molecule has 1 unspecified atom stereocenters. The second-order valence-corrected chi connectivity index (χ2v) is 18.6. The molecule has 5 aliphatic rings. The van der Waals surface area contributed by atoms with E-state index in [1.165, 1.54) is 37.3 Å². The van der Waals surface area contributed by atoms with Gasteiger partial charge in [-0.1, -0.05) is 95.5 Å². The summed E-state index contributed by atoms with van der Waals surface area (Å²) in [6.07, 6.45) is 13.8. The molecule has 3 N–H and O–H groups in total. The van der Waals surface area contributed by atoms with Crippen molar-refractivity contribution in [2.45, 2.75) is 174 Å². The highest BCUT2D eigenvalue weighted by molar-refractivity contribution is 5.85. The molecule has 1 aromatic carbocycles. The summed E-state index contributed by atoms with van der Waals surface area (Å²) in [5.41, 5.74) is -2.45. The highest BCUT2D eigenvalue weighted by atomic mass is 16.5. The second kappa shape index (κ2) is 17.2. The summed E-state index contributed by atoms with van der Waals surface area (Å²) in [6.45, 7) is 8.96. The van der Waals surface area contributed by atoms with Gasteiger partial charge in [0.2, 0.25) is 0 Å². The number of fused-ring (bicyclic) bond motifs is 4. The van der Waals surface area contributed by atoms with Crippen LogP contribution < -0.4 is 0 Å². The Morgan fingerprint density at radius 3 is 2.54 bits per heavy atom. The van der Waals surface area contributed by atoms with E-state index in [0.717, 1.165) is 56.9 Å². The Morgan fingerprint density at radius 1 is 1.00 bits per heavy atom. The first-order valence-corrected chi connectivity index (χ1v) is 21.5. The number of cyclic esters (lactones) is 1. The van der Waals surface area contributed by atoms with Crippen molar-refractivity contribution in [3.05, 3.63) is 47.5 Å². The number of carbonyl (C=O) groups excluding carboxylic acids is 2. The third kappa shape index (κ3) is 7.96. The van der Waals surface area contributed by atoms with Gasteiger partial charge in [0.15, 0.2) is 0 Å². The van der Waals surface area contributed by atoms with Gasteiger partial charge < -0.3 is 24.8 Å². The van der Waals surface area contributed by atoms with Crippen molar-refractivity contribution in [3.8, 4) is 11.8 Å². The van der Waals surface area contributed by atoms with Crippen LogP contribution in [0.3, 0.4) is 0 Å². The normalized spacial score (nSPS) is 37.4. The topological polar surface area (TPSA) is 113 Å². The van der Waals surface area contributed by atoms with Crippen molar-refractivity contribution >= 4 is 11.9 Å². The van der Waals surface area contributed by atoms with E-state index in [1.54, 1.807) is 0 Å². The van der Waals surface area contributed by atoms with Gasteiger partial charge in [-0.15, -0.1) is 5.92 Å². The molecule has 0 spiro atoms. The summed E-state index contributed by atoms with van der Waals surface area (Å²) < 4.78 is 11.8. The molecule has 6 rings (SSSR count). The lowest BCUT2D eigenvalue weighted by Gasteiger charge is -2.71. The number of aliphatic hydroxyl groups excluding tert-OH is 2. The van der Waals surface area contributed by atoms with Crippen LogP contribution in [0.15, 0.2) is 42.0 Å². The Balaban J connectivity index is 1.40. The van der Waals surface area contributed by atoms with Crippen LogP contribution in [0, 0.1) is 51.8 Å². The molecule has 1 aromatic rings. The number of hydrogen-bond donors (Lipinski definition) is 3. The van der Waals surface area contributed by atoms with Crippen molar-refractivity contribution in [1.29, 1.82) is 0 Å². The fraction of sp³-hybridized carbons (Fsp3) is 0.745. The molecule has 298 valence electrons. The lowest BCUT2D eigenvalue weighted by atomic mass is 9.35. The van der Waals surface area contributed by atoms with Gasteiger partial charge in [-0.25, -0.2) is 4.79 Å². The second-order valence-electron chi connectivity index (χ2n) is 18.6. The average molecular weight is 745 g/mol. The number of esters is 2. The minimum atomic E-state index is -1.66. The average Bonchev–Trinajstić information content (AvgIpc) is 3.82. The predicted molar refractivity (Wildman–Crippen MR) is 211 cm³/mol. The van der Waals surface area contributed by atoms with E-state index in [9.17, 15) is 24.9 Å². The number of ether oxygens (including phenoxy) is 2. The minimum absolute atomic E-state index is 0.176. The first-order valence-electron chi connectivity index (χ1n) is 21.5. The molecule has 2 heterocycles. The maximum Gasteiger partial charge on any atom is 0.331 e. The Kier molecular flexibility index (Phi) is 13.1. The van der Waals surface area contributed by atoms with Gasteiger partial charge in [-0.3, -0.25) is 4.79 Å². The zero-order chi connectivity index (χ0) is 38.6. The maximum absolute atomic E-state index is 13.9. The van der Waals surface area contributed by atoms with Crippen LogP contribution in [0.1, 0.15) is 149 Å². The molecular formula is C47H68O7. The van der Waals surface area contributed by atoms with Crippen molar-refractivity contribution in [2.75, 3.05) is 6.61 Å². The molecule has 3 fully saturated rings. The largest absolute Gasteiger partial charge is 0.462 e. The third-order valence-corrected chi connectivity index (χ3v) is 15.2. The molecule has 2 bridgehead atoms. The third-order valence-electron chi connectivity index (χ3n) is 15.2. The summed E-state index contributed by atoms with van der Waals surface area (Å²) in [5.74, 6) is 6.83. The van der Waals surface area contributed by atoms with Crippen molar-refractivity contribution in [3.63, 3.8) is 0 Å². The molecule has 3 aliphatic carbocycles. The van der Waals surface area contributed by atoms with E-state index in [4.69, 9.17) is 9.47 Å². The maximum atomic E-state index is 13.9. The smallest absolute Gasteiger partial charge is 0.331 e. The number of unbranched alkanes of at least 4 members (excludes halogenated alkanes) is 2. The number of carbonyl (C=O) groups is 2. The molecule has 0 amide bonds. The van der Waals surface area contributed by atoms with Gasteiger partial charge in [-0.2, -0.15) is 0 Å². The lowest BCUT2D eigenvalue weighted by molar-refractivity contribution is -0.337. The van der Waals surface area contributed by atoms with Crippen molar-refractivity contribution in [2.24, 2.45) is 39.9 Å². The van der Waals surface area contributed by atoms with E-state index >= 15 is 0 Å². The molecule has 0 radical (unpaired) electrons. The Hall–Kier alpha value is -2.66. The fourth-order valence-corrected chi connectivity index (χ4v) is 12.2. The molecule has 0 saturated heterocycles. The number of aliphatic hydroxyl groups is 3. The van der Waals surface area contributed by atoms with Crippen molar-refractivity contribution < 1.29 is 34.4 Å². The summed E-state index contributed by atoms with van der Waals surface area (Å²) in [6, 6.07) is 10.5. The summed E-state index contributed by atoms with van der Waals surface area (Å²) in [4.78, 5) is 25.7. The van der Waals surface area contributed by atoms with Gasteiger partial charge in [-0.05, 0) is 105 Å².